The monoisotopic (exact) mass is 262 g/mol. The number of hydrogen-bond acceptors (Lipinski definition) is 5. The van der Waals surface area contributed by atoms with Crippen LogP contribution in [0.15, 0.2) is 23.8 Å². The number of carbonyl (C=O) groups is 1. The number of rotatable bonds is 4. The minimum absolute atomic E-state index is 0.226. The third-order valence-corrected chi connectivity index (χ3v) is 3.38. The Labute approximate surface area is 110 Å². The first-order valence-corrected chi connectivity index (χ1v) is 6.59. The summed E-state index contributed by atoms with van der Waals surface area (Å²) >= 11 is 1.52. The zero-order valence-electron chi connectivity index (χ0n) is 10.3. The van der Waals surface area contributed by atoms with Crippen LogP contribution in [0.2, 0.25) is 0 Å². The molecule has 94 valence electrons. The summed E-state index contributed by atoms with van der Waals surface area (Å²) in [6, 6.07) is 1.95. The van der Waals surface area contributed by atoms with Crippen LogP contribution in [0.25, 0.3) is 10.6 Å². The Morgan fingerprint density at radius 3 is 3.06 bits per heavy atom. The van der Waals surface area contributed by atoms with E-state index < -0.39 is 0 Å². The highest BCUT2D eigenvalue weighted by Crippen LogP contribution is 2.25. The summed E-state index contributed by atoms with van der Waals surface area (Å²) in [7, 11) is 0. The van der Waals surface area contributed by atoms with Gasteiger partial charge in [0.1, 0.15) is 5.01 Å². The molecular formula is C13H14N2O2S. The number of nitrogens with zero attached hydrogens (tertiary/aromatic N) is 2. The average molecular weight is 262 g/mol. The maximum Gasteiger partial charge on any atom is 0.311 e. The third-order valence-electron chi connectivity index (χ3n) is 2.45. The van der Waals surface area contributed by atoms with Crippen molar-refractivity contribution in [3.05, 3.63) is 35.1 Å². The van der Waals surface area contributed by atoms with Gasteiger partial charge in [0.25, 0.3) is 0 Å². The van der Waals surface area contributed by atoms with Crippen LogP contribution in [-0.4, -0.2) is 22.5 Å². The quantitative estimate of drug-likeness (QED) is 0.795. The maximum absolute atomic E-state index is 11.4. The summed E-state index contributed by atoms with van der Waals surface area (Å²) in [5.74, 6) is -0.239. The Bertz CT molecular complexity index is 551. The summed E-state index contributed by atoms with van der Waals surface area (Å²) in [4.78, 5) is 19.9. The van der Waals surface area contributed by atoms with E-state index in [0.717, 1.165) is 21.8 Å². The van der Waals surface area contributed by atoms with Crippen molar-refractivity contribution in [3.63, 3.8) is 0 Å². The number of aryl methyl sites for hydroxylation is 1. The molecule has 0 fully saturated rings. The van der Waals surface area contributed by atoms with Crippen LogP contribution in [0.3, 0.4) is 0 Å². The van der Waals surface area contributed by atoms with E-state index in [1.807, 2.05) is 18.4 Å². The minimum atomic E-state index is -0.239. The molecule has 0 aliphatic heterocycles. The molecule has 0 aliphatic rings. The van der Waals surface area contributed by atoms with Gasteiger partial charge in [-0.25, -0.2) is 4.98 Å². The number of ether oxygens (including phenoxy) is 1. The zero-order chi connectivity index (χ0) is 13.0. The van der Waals surface area contributed by atoms with E-state index in [-0.39, 0.29) is 12.4 Å². The Morgan fingerprint density at radius 2 is 2.33 bits per heavy atom. The number of hydrogen-bond donors (Lipinski definition) is 0. The van der Waals surface area contributed by atoms with Crippen molar-refractivity contribution >= 4 is 17.3 Å². The number of carbonyl (C=O) groups excluding carboxylic acids is 1. The molecule has 5 heteroatoms. The molecule has 18 heavy (non-hydrogen) atoms. The van der Waals surface area contributed by atoms with E-state index in [9.17, 15) is 4.79 Å². The third kappa shape index (κ3) is 2.92. The Balaban J connectivity index is 2.16. The van der Waals surface area contributed by atoms with Gasteiger partial charge in [-0.2, -0.15) is 0 Å². The van der Waals surface area contributed by atoms with E-state index >= 15 is 0 Å². The highest BCUT2D eigenvalue weighted by molar-refractivity contribution is 7.13. The van der Waals surface area contributed by atoms with Gasteiger partial charge in [-0.3, -0.25) is 9.78 Å². The zero-order valence-corrected chi connectivity index (χ0v) is 11.2. The molecule has 0 unspecified atom stereocenters. The fourth-order valence-corrected chi connectivity index (χ4v) is 2.45. The molecule has 0 atom stereocenters. The van der Waals surface area contributed by atoms with Crippen LogP contribution in [0.5, 0.6) is 0 Å². The van der Waals surface area contributed by atoms with Crippen LogP contribution < -0.4 is 0 Å². The Morgan fingerprint density at radius 1 is 1.50 bits per heavy atom. The first kappa shape index (κ1) is 12.7. The predicted octanol–water partition coefficient (Wildman–Crippen LogP) is 2.62. The van der Waals surface area contributed by atoms with Gasteiger partial charge in [-0.15, -0.1) is 11.3 Å². The summed E-state index contributed by atoms with van der Waals surface area (Å²) in [5, 5.41) is 2.78. The molecule has 0 saturated carbocycles. The van der Waals surface area contributed by atoms with Crippen molar-refractivity contribution in [2.24, 2.45) is 0 Å². The first-order chi connectivity index (χ1) is 8.70. The molecular weight excluding hydrogens is 248 g/mol. The van der Waals surface area contributed by atoms with E-state index in [1.165, 1.54) is 11.3 Å². The van der Waals surface area contributed by atoms with Crippen molar-refractivity contribution < 1.29 is 9.53 Å². The van der Waals surface area contributed by atoms with E-state index in [2.05, 4.69) is 9.97 Å². The second-order valence-electron chi connectivity index (χ2n) is 3.82. The largest absolute Gasteiger partial charge is 0.466 e. The number of esters is 1. The molecule has 0 aliphatic carbocycles. The van der Waals surface area contributed by atoms with E-state index in [4.69, 9.17) is 4.74 Å². The van der Waals surface area contributed by atoms with Crippen LogP contribution in [0.1, 0.15) is 18.2 Å². The van der Waals surface area contributed by atoms with Gasteiger partial charge in [0.05, 0.1) is 18.7 Å². The summed E-state index contributed by atoms with van der Waals surface area (Å²) in [6.07, 6.45) is 3.78. The second kappa shape index (κ2) is 5.73. The number of thiazole rings is 1. The number of pyridine rings is 1. The standard InChI is InChI=1S/C13H14N2O2S/c1-3-17-12(16)6-10-8-18-13(15-10)11-7-14-5-4-9(11)2/h4-5,7-8H,3,6H2,1-2H3. The summed E-state index contributed by atoms with van der Waals surface area (Å²) in [6.45, 7) is 4.21. The molecule has 4 nitrogen and oxygen atoms in total. The van der Waals surface area contributed by atoms with Crippen LogP contribution in [0.4, 0.5) is 0 Å². The molecule has 0 bridgehead atoms. The normalized spacial score (nSPS) is 10.3. The minimum Gasteiger partial charge on any atom is -0.466 e. The molecule has 0 amide bonds. The van der Waals surface area contributed by atoms with Crippen LogP contribution in [-0.2, 0) is 16.0 Å². The molecule has 0 saturated heterocycles. The molecule has 2 aromatic rings. The lowest BCUT2D eigenvalue weighted by atomic mass is 10.2. The molecule has 0 aromatic carbocycles. The first-order valence-electron chi connectivity index (χ1n) is 5.71. The topological polar surface area (TPSA) is 52.1 Å². The summed E-state index contributed by atoms with van der Waals surface area (Å²) in [5.41, 5.74) is 2.89. The van der Waals surface area contributed by atoms with Gasteiger partial charge >= 0.3 is 5.97 Å². The van der Waals surface area contributed by atoms with Gasteiger partial charge in [-0.1, -0.05) is 0 Å². The Hall–Kier alpha value is -1.75. The average Bonchev–Trinajstić information content (AvgIpc) is 2.78. The number of aromatic nitrogens is 2. The highest BCUT2D eigenvalue weighted by Gasteiger charge is 2.10. The fourth-order valence-electron chi connectivity index (χ4n) is 1.56. The smallest absolute Gasteiger partial charge is 0.311 e. The van der Waals surface area contributed by atoms with Gasteiger partial charge in [0.2, 0.25) is 0 Å². The van der Waals surface area contributed by atoms with Gasteiger partial charge in [0, 0.05) is 23.3 Å². The van der Waals surface area contributed by atoms with Crippen molar-refractivity contribution in [3.8, 4) is 10.6 Å². The lowest BCUT2D eigenvalue weighted by Crippen LogP contribution is -2.07. The fraction of sp³-hybridized carbons (Fsp3) is 0.308. The highest BCUT2D eigenvalue weighted by atomic mass is 32.1. The Kier molecular flexibility index (Phi) is 4.04. The molecule has 0 spiro atoms. The van der Waals surface area contributed by atoms with E-state index in [1.54, 1.807) is 19.3 Å². The van der Waals surface area contributed by atoms with Crippen LogP contribution in [0, 0.1) is 6.92 Å². The lowest BCUT2D eigenvalue weighted by Gasteiger charge is -2.00. The van der Waals surface area contributed by atoms with Gasteiger partial charge in [0.15, 0.2) is 0 Å². The van der Waals surface area contributed by atoms with Crippen molar-refractivity contribution in [2.75, 3.05) is 6.61 Å². The van der Waals surface area contributed by atoms with Gasteiger partial charge in [-0.05, 0) is 25.5 Å². The molecule has 2 rings (SSSR count). The molecule has 0 N–H and O–H groups in total. The SMILES string of the molecule is CCOC(=O)Cc1csc(-c2cnccc2C)n1. The van der Waals surface area contributed by atoms with Crippen LogP contribution >= 0.6 is 11.3 Å². The molecule has 0 radical (unpaired) electrons. The van der Waals surface area contributed by atoms with Crippen molar-refractivity contribution in [1.29, 1.82) is 0 Å². The van der Waals surface area contributed by atoms with Gasteiger partial charge < -0.3 is 4.74 Å². The van der Waals surface area contributed by atoms with E-state index in [0.29, 0.717) is 6.61 Å². The predicted molar refractivity (Wildman–Crippen MR) is 70.4 cm³/mol. The summed E-state index contributed by atoms with van der Waals surface area (Å²) < 4.78 is 4.90. The van der Waals surface area contributed by atoms with Crippen molar-refractivity contribution in [1.82, 2.24) is 9.97 Å². The van der Waals surface area contributed by atoms with Crippen molar-refractivity contribution in [2.45, 2.75) is 20.3 Å². The maximum atomic E-state index is 11.4. The molecule has 2 heterocycles. The molecule has 2 aromatic heterocycles. The lowest BCUT2D eigenvalue weighted by molar-refractivity contribution is -0.142. The second-order valence-corrected chi connectivity index (χ2v) is 4.67.